The predicted octanol–water partition coefficient (Wildman–Crippen LogP) is 2.46. The Bertz CT molecular complexity index is 887. The molecule has 0 spiro atoms. The molecular weight excluding hydrogens is 392 g/mol. The standard InChI is InChI=1S/C21H26N2O5S/c22-11-13-29(26,27)15-16-7-9-18(10-8-16)21(25)28-14-20(24)23-12-3-5-17-4-1-2-6-19(17)23/h7-10,17,19H,1-6,12-15H2/t17-,19-/m0/s1. The minimum atomic E-state index is -3.49. The minimum Gasteiger partial charge on any atom is -0.452 e. The van der Waals surface area contributed by atoms with E-state index in [0.29, 0.717) is 11.5 Å². The molecule has 0 radical (unpaired) electrons. The predicted molar refractivity (Wildman–Crippen MR) is 107 cm³/mol. The summed E-state index contributed by atoms with van der Waals surface area (Å²) < 4.78 is 28.6. The molecule has 2 aliphatic rings. The van der Waals surface area contributed by atoms with Gasteiger partial charge >= 0.3 is 5.97 Å². The van der Waals surface area contributed by atoms with Crippen LogP contribution in [0.15, 0.2) is 24.3 Å². The quantitative estimate of drug-likeness (QED) is 0.657. The third-order valence-electron chi connectivity index (χ3n) is 5.75. The van der Waals surface area contributed by atoms with E-state index in [-0.39, 0.29) is 29.9 Å². The van der Waals surface area contributed by atoms with Crippen molar-refractivity contribution in [2.75, 3.05) is 18.9 Å². The number of ether oxygens (including phenoxy) is 1. The fraction of sp³-hybridized carbons (Fsp3) is 0.571. The number of carbonyl (C=O) groups is 2. The highest BCUT2D eigenvalue weighted by Gasteiger charge is 2.35. The number of hydrogen-bond acceptors (Lipinski definition) is 6. The average Bonchev–Trinajstić information content (AvgIpc) is 2.71. The molecule has 1 heterocycles. The minimum absolute atomic E-state index is 0.144. The van der Waals surface area contributed by atoms with E-state index in [1.165, 1.54) is 43.5 Å². The molecule has 2 atom stereocenters. The summed E-state index contributed by atoms with van der Waals surface area (Å²) in [7, 11) is -3.49. The SMILES string of the molecule is N#CCS(=O)(=O)Cc1ccc(C(=O)OCC(=O)N2CCC[C@@H]3CCCC[C@@H]32)cc1. The van der Waals surface area contributed by atoms with Gasteiger partial charge in [0.1, 0.15) is 5.75 Å². The molecule has 0 N–H and O–H groups in total. The van der Waals surface area contributed by atoms with Crippen LogP contribution in [0.25, 0.3) is 0 Å². The van der Waals surface area contributed by atoms with Gasteiger partial charge in [0.15, 0.2) is 16.4 Å². The molecular formula is C21H26N2O5S. The number of hydrogen-bond donors (Lipinski definition) is 0. The first-order valence-corrected chi connectivity index (χ1v) is 11.8. The van der Waals surface area contributed by atoms with Crippen LogP contribution in [0.4, 0.5) is 0 Å². The number of fused-ring (bicyclic) bond motifs is 1. The van der Waals surface area contributed by atoms with Crippen LogP contribution in [0.2, 0.25) is 0 Å². The van der Waals surface area contributed by atoms with Crippen molar-refractivity contribution < 1.29 is 22.7 Å². The number of likely N-dealkylation sites (tertiary alicyclic amines) is 1. The first kappa shape index (κ1) is 21.3. The summed E-state index contributed by atoms with van der Waals surface area (Å²) in [4.78, 5) is 26.8. The number of piperidine rings is 1. The van der Waals surface area contributed by atoms with Crippen LogP contribution in [-0.2, 0) is 25.1 Å². The van der Waals surface area contributed by atoms with E-state index in [4.69, 9.17) is 10.00 Å². The topological polar surface area (TPSA) is 105 Å². The maximum absolute atomic E-state index is 12.6. The molecule has 1 saturated heterocycles. The fourth-order valence-electron chi connectivity index (χ4n) is 4.37. The number of esters is 1. The molecule has 0 aromatic heterocycles. The molecule has 2 fully saturated rings. The van der Waals surface area contributed by atoms with Gasteiger partial charge in [-0.15, -0.1) is 0 Å². The molecule has 1 saturated carbocycles. The Labute approximate surface area is 171 Å². The number of amides is 1. The van der Waals surface area contributed by atoms with Gasteiger partial charge in [-0.25, -0.2) is 13.2 Å². The van der Waals surface area contributed by atoms with Crippen molar-refractivity contribution in [1.29, 1.82) is 5.26 Å². The Balaban J connectivity index is 1.53. The Hall–Kier alpha value is -2.40. The van der Waals surface area contributed by atoms with Crippen LogP contribution >= 0.6 is 0 Å². The van der Waals surface area contributed by atoms with E-state index in [0.717, 1.165) is 25.8 Å². The van der Waals surface area contributed by atoms with Gasteiger partial charge in [-0.05, 0) is 49.3 Å². The molecule has 156 valence electrons. The molecule has 29 heavy (non-hydrogen) atoms. The van der Waals surface area contributed by atoms with Gasteiger partial charge in [0.2, 0.25) is 0 Å². The van der Waals surface area contributed by atoms with Gasteiger partial charge in [0.25, 0.3) is 5.91 Å². The van der Waals surface area contributed by atoms with E-state index in [1.807, 2.05) is 4.90 Å². The fourth-order valence-corrected chi connectivity index (χ4v) is 5.37. The molecule has 1 aliphatic heterocycles. The largest absolute Gasteiger partial charge is 0.452 e. The van der Waals surface area contributed by atoms with E-state index >= 15 is 0 Å². The molecule has 1 amide bonds. The molecule has 0 bridgehead atoms. The zero-order valence-electron chi connectivity index (χ0n) is 16.4. The Morgan fingerprint density at radius 3 is 2.52 bits per heavy atom. The number of nitrogens with zero attached hydrogens (tertiary/aromatic N) is 2. The average molecular weight is 419 g/mol. The lowest BCUT2D eigenvalue weighted by Crippen LogP contribution is -2.50. The molecule has 7 nitrogen and oxygen atoms in total. The number of benzene rings is 1. The van der Waals surface area contributed by atoms with Crippen molar-refractivity contribution in [3.05, 3.63) is 35.4 Å². The van der Waals surface area contributed by atoms with Gasteiger partial charge in [0.05, 0.1) is 17.4 Å². The van der Waals surface area contributed by atoms with Gasteiger partial charge < -0.3 is 9.64 Å². The Morgan fingerprint density at radius 2 is 1.79 bits per heavy atom. The van der Waals surface area contributed by atoms with Crippen LogP contribution in [0.1, 0.15) is 54.4 Å². The first-order valence-electron chi connectivity index (χ1n) is 10.0. The van der Waals surface area contributed by atoms with Crippen LogP contribution < -0.4 is 0 Å². The van der Waals surface area contributed by atoms with Crippen molar-refractivity contribution in [2.45, 2.75) is 50.3 Å². The normalized spacial score (nSPS) is 21.7. The molecule has 1 aromatic rings. The summed E-state index contributed by atoms with van der Waals surface area (Å²) in [6.07, 6.45) is 6.74. The van der Waals surface area contributed by atoms with Crippen LogP contribution in [0, 0.1) is 17.2 Å². The summed E-state index contributed by atoms with van der Waals surface area (Å²) in [6.45, 7) is 0.448. The van der Waals surface area contributed by atoms with Crippen molar-refractivity contribution in [2.24, 2.45) is 5.92 Å². The van der Waals surface area contributed by atoms with Gasteiger partial charge in [-0.3, -0.25) is 4.79 Å². The van der Waals surface area contributed by atoms with Gasteiger partial charge in [0, 0.05) is 12.6 Å². The summed E-state index contributed by atoms with van der Waals surface area (Å²) in [5.41, 5.74) is 0.748. The smallest absolute Gasteiger partial charge is 0.338 e. The summed E-state index contributed by atoms with van der Waals surface area (Å²) in [5, 5.41) is 8.54. The zero-order valence-corrected chi connectivity index (χ0v) is 17.2. The number of nitriles is 1. The lowest BCUT2D eigenvalue weighted by Gasteiger charge is -2.44. The van der Waals surface area contributed by atoms with Crippen molar-refractivity contribution in [3.8, 4) is 6.07 Å². The molecule has 3 rings (SSSR count). The summed E-state index contributed by atoms with van der Waals surface area (Å²) >= 11 is 0. The van der Waals surface area contributed by atoms with Crippen molar-refractivity contribution in [1.82, 2.24) is 4.90 Å². The lowest BCUT2D eigenvalue weighted by molar-refractivity contribution is -0.140. The summed E-state index contributed by atoms with van der Waals surface area (Å²) in [5.74, 6) is -0.985. The zero-order chi connectivity index (χ0) is 20.9. The number of rotatable bonds is 6. The third-order valence-corrected chi connectivity index (χ3v) is 7.09. The second kappa shape index (κ2) is 9.40. The second-order valence-electron chi connectivity index (χ2n) is 7.80. The van der Waals surface area contributed by atoms with E-state index in [9.17, 15) is 18.0 Å². The van der Waals surface area contributed by atoms with E-state index in [2.05, 4.69) is 0 Å². The van der Waals surface area contributed by atoms with Crippen LogP contribution in [0.3, 0.4) is 0 Å². The highest BCUT2D eigenvalue weighted by atomic mass is 32.2. The first-order chi connectivity index (χ1) is 13.9. The molecule has 1 aromatic carbocycles. The van der Waals surface area contributed by atoms with Crippen molar-refractivity contribution >= 4 is 21.7 Å². The molecule has 1 aliphatic carbocycles. The van der Waals surface area contributed by atoms with Crippen LogP contribution in [-0.4, -0.2) is 50.1 Å². The Morgan fingerprint density at radius 1 is 1.10 bits per heavy atom. The Kier molecular flexibility index (Phi) is 6.91. The van der Waals surface area contributed by atoms with Crippen molar-refractivity contribution in [3.63, 3.8) is 0 Å². The van der Waals surface area contributed by atoms with E-state index < -0.39 is 21.6 Å². The highest BCUT2D eigenvalue weighted by molar-refractivity contribution is 7.90. The number of sulfone groups is 1. The molecule has 8 heteroatoms. The van der Waals surface area contributed by atoms with Gasteiger partial charge in [-0.2, -0.15) is 5.26 Å². The van der Waals surface area contributed by atoms with Gasteiger partial charge in [-0.1, -0.05) is 25.0 Å². The van der Waals surface area contributed by atoms with Crippen LogP contribution in [0.5, 0.6) is 0 Å². The maximum Gasteiger partial charge on any atom is 0.338 e. The van der Waals surface area contributed by atoms with E-state index in [1.54, 1.807) is 6.07 Å². The highest BCUT2D eigenvalue weighted by Crippen LogP contribution is 2.35. The monoisotopic (exact) mass is 418 g/mol. The second-order valence-corrected chi connectivity index (χ2v) is 9.87. The maximum atomic E-state index is 12.6. The number of carbonyl (C=O) groups excluding carboxylic acids is 2. The molecule has 0 unspecified atom stereocenters. The lowest BCUT2D eigenvalue weighted by atomic mass is 9.78. The third kappa shape index (κ3) is 5.57. The summed E-state index contributed by atoms with van der Waals surface area (Å²) in [6, 6.07) is 7.89.